The van der Waals surface area contributed by atoms with Crippen molar-refractivity contribution in [2.24, 2.45) is 0 Å². The summed E-state index contributed by atoms with van der Waals surface area (Å²) in [6, 6.07) is 20.9. The number of aromatic nitrogens is 1. The van der Waals surface area contributed by atoms with E-state index in [0.717, 1.165) is 53.6 Å². The van der Waals surface area contributed by atoms with Gasteiger partial charge in [-0.15, -0.1) is 0 Å². The molecule has 4 nitrogen and oxygen atoms in total. The normalized spacial score (nSPS) is 20.9. The van der Waals surface area contributed by atoms with E-state index in [1.54, 1.807) is 0 Å². The molecule has 2 heterocycles. The van der Waals surface area contributed by atoms with Crippen molar-refractivity contribution in [2.75, 3.05) is 7.05 Å². The van der Waals surface area contributed by atoms with Gasteiger partial charge in [0.15, 0.2) is 17.3 Å². The highest BCUT2D eigenvalue weighted by molar-refractivity contribution is 6.44. The molecule has 2 aliphatic carbocycles. The number of aromatic amines is 1. The second-order valence-corrected chi connectivity index (χ2v) is 10.7. The van der Waals surface area contributed by atoms with Crippen LogP contribution in [0.3, 0.4) is 0 Å². The van der Waals surface area contributed by atoms with Gasteiger partial charge in [0.2, 0.25) is 5.69 Å². The summed E-state index contributed by atoms with van der Waals surface area (Å²) in [7, 11) is 2.11. The van der Waals surface area contributed by atoms with Crippen LogP contribution in [0.25, 0.3) is 21.7 Å². The Morgan fingerprint density at radius 1 is 0.889 bits per heavy atom. The molecule has 1 aromatic heterocycles. The lowest BCUT2D eigenvalue weighted by atomic mass is 9.65. The van der Waals surface area contributed by atoms with E-state index in [-0.39, 0.29) is 17.0 Å². The maximum Gasteiger partial charge on any atom is 0.217 e. The quantitative estimate of drug-likeness (QED) is 0.158. The Labute approximate surface area is 210 Å². The molecular weight excluding hydrogens is 444 g/mol. The van der Waals surface area contributed by atoms with Crippen molar-refractivity contribution in [2.45, 2.75) is 50.4 Å². The monoisotopic (exact) mass is 473 g/mol. The standard InChI is InChI=1S/C32H28N2O2/c1-19-27(22-12-6-7-13-25(22)33-19)28-30(35)23(31(28)36)18-26-32(16-8-3-9-17-32)24-15-14-20-10-4-5-11-21(20)29(24)34(26)2/h4-7,10-15,18,28H,3,8-9,16-17H2,1-2H3/p+1. The molecule has 2 saturated carbocycles. The van der Waals surface area contributed by atoms with Crippen LogP contribution in [0.15, 0.2) is 72.3 Å². The molecule has 0 bridgehead atoms. The molecule has 0 atom stereocenters. The number of para-hydroxylation sites is 1. The highest BCUT2D eigenvalue weighted by Gasteiger charge is 2.54. The van der Waals surface area contributed by atoms with Crippen molar-refractivity contribution in [1.29, 1.82) is 0 Å². The number of fused-ring (bicyclic) bond motifs is 5. The van der Waals surface area contributed by atoms with Gasteiger partial charge < -0.3 is 4.98 Å². The van der Waals surface area contributed by atoms with Crippen molar-refractivity contribution >= 4 is 44.6 Å². The molecule has 3 aliphatic rings. The number of benzene rings is 3. The number of carbonyl (C=O) groups is 2. The summed E-state index contributed by atoms with van der Waals surface area (Å²) in [6.45, 7) is 1.95. The van der Waals surface area contributed by atoms with Gasteiger partial charge in [0.05, 0.1) is 16.4 Å². The Hall–Kier alpha value is -3.79. The van der Waals surface area contributed by atoms with Gasteiger partial charge in [0, 0.05) is 28.2 Å². The van der Waals surface area contributed by atoms with Gasteiger partial charge in [-0.05, 0) is 42.8 Å². The fraction of sp³-hybridized carbons (Fsp3) is 0.281. The van der Waals surface area contributed by atoms with E-state index in [1.807, 2.05) is 37.3 Å². The first-order valence-corrected chi connectivity index (χ1v) is 13.0. The minimum Gasteiger partial charge on any atom is -0.358 e. The van der Waals surface area contributed by atoms with Crippen molar-refractivity contribution in [3.63, 3.8) is 0 Å². The van der Waals surface area contributed by atoms with Crippen LogP contribution in [0, 0.1) is 6.92 Å². The number of carbonyl (C=O) groups excluding carboxylic acids is 2. The number of hydrogen-bond donors (Lipinski definition) is 1. The first-order valence-electron chi connectivity index (χ1n) is 13.0. The summed E-state index contributed by atoms with van der Waals surface area (Å²) in [5.74, 6) is -0.814. The predicted octanol–water partition coefficient (Wildman–Crippen LogP) is 6.42. The van der Waals surface area contributed by atoms with Crippen LogP contribution >= 0.6 is 0 Å². The molecule has 4 heteroatoms. The van der Waals surface area contributed by atoms with Crippen LogP contribution in [0.5, 0.6) is 0 Å². The number of allylic oxidation sites excluding steroid dienone is 2. The van der Waals surface area contributed by atoms with E-state index in [4.69, 9.17) is 0 Å². The number of nitrogens with zero attached hydrogens (tertiary/aromatic N) is 1. The molecular formula is C32H29N2O2+. The Bertz CT molecular complexity index is 1660. The molecule has 4 aromatic rings. The largest absolute Gasteiger partial charge is 0.358 e. The van der Waals surface area contributed by atoms with Crippen LogP contribution in [-0.2, 0) is 15.0 Å². The van der Waals surface area contributed by atoms with E-state index in [9.17, 15) is 9.59 Å². The number of aryl methyl sites for hydroxylation is 1. The first-order chi connectivity index (χ1) is 17.5. The van der Waals surface area contributed by atoms with Crippen LogP contribution in [-0.4, -0.2) is 33.9 Å². The highest BCUT2D eigenvalue weighted by Crippen LogP contribution is 2.51. The van der Waals surface area contributed by atoms with Crippen LogP contribution in [0.4, 0.5) is 5.69 Å². The van der Waals surface area contributed by atoms with Crippen molar-refractivity contribution in [3.05, 3.63) is 89.1 Å². The molecule has 0 unspecified atom stereocenters. The third-order valence-electron chi connectivity index (χ3n) is 8.88. The van der Waals surface area contributed by atoms with E-state index in [2.05, 4.69) is 53.0 Å². The molecule has 36 heavy (non-hydrogen) atoms. The first kappa shape index (κ1) is 21.5. The summed E-state index contributed by atoms with van der Waals surface area (Å²) in [4.78, 5) is 30.5. The molecule has 0 saturated heterocycles. The van der Waals surface area contributed by atoms with Crippen molar-refractivity contribution in [3.8, 4) is 0 Å². The molecule has 1 spiro atoms. The number of rotatable bonds is 2. The smallest absolute Gasteiger partial charge is 0.217 e. The molecule has 0 amide bonds. The zero-order chi connectivity index (χ0) is 24.6. The number of hydrogen-bond acceptors (Lipinski definition) is 2. The molecule has 1 N–H and O–H groups in total. The van der Waals surface area contributed by atoms with Gasteiger partial charge in [-0.25, -0.2) is 0 Å². The summed E-state index contributed by atoms with van der Waals surface area (Å²) in [6.07, 6.45) is 7.60. The van der Waals surface area contributed by atoms with Gasteiger partial charge in [0.25, 0.3) is 0 Å². The zero-order valence-electron chi connectivity index (χ0n) is 20.7. The average Bonchev–Trinajstić information content (AvgIpc) is 3.34. The van der Waals surface area contributed by atoms with Gasteiger partial charge in [-0.1, -0.05) is 67.8 Å². The van der Waals surface area contributed by atoms with Crippen molar-refractivity contribution < 1.29 is 14.2 Å². The maximum atomic E-state index is 13.6. The minimum absolute atomic E-state index is 0.0551. The summed E-state index contributed by atoms with van der Waals surface area (Å²) in [5.41, 5.74) is 6.61. The topological polar surface area (TPSA) is 52.9 Å². The van der Waals surface area contributed by atoms with Gasteiger partial charge in [0.1, 0.15) is 13.0 Å². The number of nitrogens with one attached hydrogen (secondary N) is 1. The summed E-state index contributed by atoms with van der Waals surface area (Å²) < 4.78 is 2.26. The minimum atomic E-state index is -0.703. The Morgan fingerprint density at radius 2 is 1.58 bits per heavy atom. The van der Waals surface area contributed by atoms with E-state index in [0.29, 0.717) is 5.57 Å². The highest BCUT2D eigenvalue weighted by atomic mass is 16.2. The van der Waals surface area contributed by atoms with Crippen LogP contribution < -0.4 is 0 Å². The van der Waals surface area contributed by atoms with E-state index in [1.165, 1.54) is 28.4 Å². The van der Waals surface area contributed by atoms with Gasteiger partial charge >= 0.3 is 0 Å². The number of Topliss-reactive ketones (excluding diaryl/α,β-unsaturated/α-hetero) is 2. The van der Waals surface area contributed by atoms with E-state index >= 15 is 0 Å². The van der Waals surface area contributed by atoms with Crippen LogP contribution in [0.2, 0.25) is 0 Å². The molecule has 0 radical (unpaired) electrons. The Balaban J connectivity index is 1.37. The summed E-state index contributed by atoms with van der Waals surface area (Å²) >= 11 is 0. The Kier molecular flexibility index (Phi) is 4.54. The molecule has 3 aromatic carbocycles. The average molecular weight is 474 g/mol. The van der Waals surface area contributed by atoms with Gasteiger partial charge in [-0.2, -0.15) is 4.58 Å². The molecule has 2 fully saturated rings. The zero-order valence-corrected chi connectivity index (χ0v) is 20.7. The van der Waals surface area contributed by atoms with E-state index < -0.39 is 5.92 Å². The molecule has 178 valence electrons. The lowest BCUT2D eigenvalue weighted by molar-refractivity contribution is -0.400. The maximum absolute atomic E-state index is 13.6. The second kappa shape index (κ2) is 7.60. The fourth-order valence-electron chi connectivity index (χ4n) is 7.18. The second-order valence-electron chi connectivity index (χ2n) is 10.7. The Morgan fingerprint density at radius 3 is 2.36 bits per heavy atom. The fourth-order valence-corrected chi connectivity index (χ4v) is 7.18. The molecule has 1 aliphatic heterocycles. The lowest BCUT2D eigenvalue weighted by Crippen LogP contribution is -2.42. The third-order valence-corrected chi connectivity index (χ3v) is 8.88. The van der Waals surface area contributed by atoms with Gasteiger partial charge in [-0.3, -0.25) is 9.59 Å². The number of ketones is 2. The number of H-pyrrole nitrogens is 1. The summed E-state index contributed by atoms with van der Waals surface area (Å²) in [5, 5.41) is 3.41. The SMILES string of the molecule is Cc1[nH]c2ccccc2c1C1C(=O)C(=CC2=[N+](C)c3c(ccc4ccccc34)C23CCCCC3)C1=O. The third kappa shape index (κ3) is 2.73. The molecule has 7 rings (SSSR count). The lowest BCUT2D eigenvalue weighted by Gasteiger charge is -2.33. The van der Waals surface area contributed by atoms with Crippen LogP contribution in [0.1, 0.15) is 54.8 Å². The van der Waals surface area contributed by atoms with Crippen molar-refractivity contribution in [1.82, 2.24) is 4.98 Å². The predicted molar refractivity (Wildman–Crippen MR) is 143 cm³/mol.